The minimum Gasteiger partial charge on any atom is -0.480 e. The summed E-state index contributed by atoms with van der Waals surface area (Å²) < 4.78 is 10.8. The zero-order valence-corrected chi connectivity index (χ0v) is 22.2. The van der Waals surface area contributed by atoms with Gasteiger partial charge in [0.05, 0.1) is 47.9 Å². The van der Waals surface area contributed by atoms with Gasteiger partial charge in [-0.3, -0.25) is 14.6 Å². The Morgan fingerprint density at radius 2 is 2.08 bits per heavy atom. The number of aromatic nitrogens is 2. The second-order valence-electron chi connectivity index (χ2n) is 10.1. The highest BCUT2D eigenvalue weighted by molar-refractivity contribution is 8.00. The van der Waals surface area contributed by atoms with Crippen molar-refractivity contribution >= 4 is 46.2 Å². The van der Waals surface area contributed by atoms with E-state index in [2.05, 4.69) is 20.2 Å². The van der Waals surface area contributed by atoms with Gasteiger partial charge in [0.15, 0.2) is 0 Å². The fraction of sp³-hybridized carbons (Fsp3) is 0.407. The van der Waals surface area contributed by atoms with Crippen molar-refractivity contribution in [2.24, 2.45) is 0 Å². The monoisotopic (exact) mass is 551 g/mol. The number of nitrogens with one attached hydrogen (secondary N) is 1. The molecular formula is C27H29N5O6S. The minimum absolute atomic E-state index is 0.0604. The van der Waals surface area contributed by atoms with Crippen LogP contribution in [0.15, 0.2) is 47.5 Å². The highest BCUT2D eigenvalue weighted by Crippen LogP contribution is 2.38. The van der Waals surface area contributed by atoms with Crippen LogP contribution >= 0.6 is 11.8 Å². The topological polar surface area (TPSA) is 137 Å². The molecule has 4 heterocycles. The van der Waals surface area contributed by atoms with Crippen LogP contribution < -0.4 is 15.0 Å². The van der Waals surface area contributed by atoms with Gasteiger partial charge in [-0.15, -0.1) is 11.8 Å². The van der Waals surface area contributed by atoms with E-state index in [0.29, 0.717) is 78.6 Å². The molecule has 2 fully saturated rings. The molecule has 6 rings (SSSR count). The zero-order valence-electron chi connectivity index (χ0n) is 21.4. The van der Waals surface area contributed by atoms with Crippen molar-refractivity contribution in [2.45, 2.75) is 35.5 Å². The first kappa shape index (κ1) is 25.8. The fourth-order valence-corrected chi connectivity index (χ4v) is 6.19. The largest absolute Gasteiger partial charge is 0.480 e. The Hall–Kier alpha value is -3.45. The molecule has 1 unspecified atom stereocenters. The third kappa shape index (κ3) is 5.00. The second kappa shape index (κ2) is 10.3. The van der Waals surface area contributed by atoms with Gasteiger partial charge in [-0.05, 0) is 37.1 Å². The van der Waals surface area contributed by atoms with E-state index in [9.17, 15) is 19.8 Å². The average molecular weight is 552 g/mol. The number of aliphatic hydroxyl groups excluding tert-OH is 1. The molecule has 2 aromatic carbocycles. The van der Waals surface area contributed by atoms with Crippen LogP contribution in [0.25, 0.3) is 11.0 Å². The number of carbonyl (C=O) groups excluding carboxylic acids is 2. The van der Waals surface area contributed by atoms with Gasteiger partial charge in [-0.2, -0.15) is 0 Å². The molecule has 3 aliphatic rings. The van der Waals surface area contributed by atoms with Crippen molar-refractivity contribution in [3.05, 3.63) is 48.2 Å². The first-order valence-electron chi connectivity index (χ1n) is 12.8. The molecule has 0 saturated carbocycles. The molecule has 3 aliphatic heterocycles. The summed E-state index contributed by atoms with van der Waals surface area (Å²) in [6, 6.07) is 10.9. The molecule has 2 saturated heterocycles. The lowest BCUT2D eigenvalue weighted by Crippen LogP contribution is -2.50. The molecule has 0 aliphatic carbocycles. The average Bonchev–Trinajstić information content (AvgIpc) is 3.32. The van der Waals surface area contributed by atoms with E-state index in [4.69, 9.17) is 9.47 Å². The number of hydrogen-bond acceptors (Lipinski definition) is 10. The van der Waals surface area contributed by atoms with E-state index in [0.717, 1.165) is 4.90 Å². The highest BCUT2D eigenvalue weighted by Gasteiger charge is 2.42. The van der Waals surface area contributed by atoms with Crippen molar-refractivity contribution in [1.29, 1.82) is 0 Å². The minimum atomic E-state index is -1.33. The van der Waals surface area contributed by atoms with Crippen LogP contribution in [0.3, 0.4) is 0 Å². The van der Waals surface area contributed by atoms with E-state index >= 15 is 0 Å². The van der Waals surface area contributed by atoms with E-state index in [1.807, 2.05) is 12.1 Å². The van der Waals surface area contributed by atoms with Gasteiger partial charge in [0.25, 0.3) is 0 Å². The predicted octanol–water partition coefficient (Wildman–Crippen LogP) is 2.57. The quantitative estimate of drug-likeness (QED) is 0.419. The fourth-order valence-electron chi connectivity index (χ4n) is 5.40. The zero-order chi connectivity index (χ0) is 27.1. The highest BCUT2D eigenvalue weighted by atomic mass is 32.2. The molecule has 2 amide bonds. The number of benzene rings is 2. The lowest BCUT2D eigenvalue weighted by molar-refractivity contribution is -0.113. The molecule has 39 heavy (non-hydrogen) atoms. The maximum atomic E-state index is 12.7. The van der Waals surface area contributed by atoms with Crippen LogP contribution in [0.1, 0.15) is 24.5 Å². The number of piperidine rings is 1. The Morgan fingerprint density at radius 1 is 1.26 bits per heavy atom. The number of nitrogens with zero attached hydrogens (tertiary/aromatic N) is 4. The number of likely N-dealkylation sites (tertiary alicyclic amines) is 1. The summed E-state index contributed by atoms with van der Waals surface area (Å²) in [5, 5.41) is 25.5. The number of hydrogen-bond donors (Lipinski definition) is 3. The van der Waals surface area contributed by atoms with Crippen molar-refractivity contribution in [2.75, 3.05) is 49.3 Å². The molecule has 12 heteroatoms. The summed E-state index contributed by atoms with van der Waals surface area (Å²) >= 11 is 1.47. The number of carbonyl (C=O) groups is 2. The third-order valence-electron chi connectivity index (χ3n) is 7.56. The Balaban J connectivity index is 1.09. The van der Waals surface area contributed by atoms with Gasteiger partial charge in [0, 0.05) is 35.8 Å². The van der Waals surface area contributed by atoms with Gasteiger partial charge in [-0.25, -0.2) is 14.8 Å². The van der Waals surface area contributed by atoms with Gasteiger partial charge in [0.2, 0.25) is 11.8 Å². The molecule has 3 aromatic rings. The van der Waals surface area contributed by atoms with Crippen LogP contribution in [-0.4, -0.2) is 87.8 Å². The van der Waals surface area contributed by atoms with Crippen LogP contribution in [0, 0.1) is 0 Å². The molecule has 0 bridgehead atoms. The summed E-state index contributed by atoms with van der Waals surface area (Å²) in [4.78, 5) is 37.9. The molecule has 0 spiro atoms. The number of amides is 2. The van der Waals surface area contributed by atoms with E-state index in [-0.39, 0.29) is 12.0 Å². The number of anilines is 2. The van der Waals surface area contributed by atoms with E-state index in [1.165, 1.54) is 25.1 Å². The Bertz CT molecular complexity index is 1430. The van der Waals surface area contributed by atoms with Gasteiger partial charge in [0.1, 0.15) is 12.2 Å². The van der Waals surface area contributed by atoms with Crippen LogP contribution in [0.5, 0.6) is 5.88 Å². The first-order valence-corrected chi connectivity index (χ1v) is 13.8. The number of fused-ring (bicyclic) bond motifs is 2. The Kier molecular flexibility index (Phi) is 6.79. The second-order valence-corrected chi connectivity index (χ2v) is 11.1. The molecule has 204 valence electrons. The normalized spacial score (nSPS) is 21.8. The lowest BCUT2D eigenvalue weighted by atomic mass is 9.82. The molecule has 11 nitrogen and oxygen atoms in total. The third-order valence-corrected chi connectivity index (χ3v) is 8.63. The number of aliphatic hydroxyl groups is 2. The number of cyclic esters (lactones) is 1. The first-order chi connectivity index (χ1) is 18.8. The predicted molar refractivity (Wildman–Crippen MR) is 145 cm³/mol. The summed E-state index contributed by atoms with van der Waals surface area (Å²) in [7, 11) is 1.50. The van der Waals surface area contributed by atoms with Crippen molar-refractivity contribution in [3.63, 3.8) is 0 Å². The number of methoxy groups -OCH3 is 1. The molecule has 1 aromatic heterocycles. The summed E-state index contributed by atoms with van der Waals surface area (Å²) in [6.45, 7) is 1.97. The Labute approximate surface area is 229 Å². The maximum absolute atomic E-state index is 12.7. The molecule has 3 N–H and O–H groups in total. The number of rotatable bonds is 6. The standard InChI is InChI=1S/C27H29N5O6S/c1-37-23-12-28-19-4-2-3-18(24(19)30-23)25(34)27(36)7-9-31(10-8-27)13-17-14-32(26(35)38-17)16-5-6-21-20(11-16)29-22(33)15-39-21/h2-6,11-12,17,25,34,36H,7-10,13-15H2,1H3,(H,29,33)/t17?,25-/m1/s1. The Morgan fingerprint density at radius 3 is 2.87 bits per heavy atom. The number of para-hydroxylation sites is 1. The van der Waals surface area contributed by atoms with Crippen molar-refractivity contribution < 1.29 is 29.3 Å². The van der Waals surface area contributed by atoms with Crippen LogP contribution in [0.2, 0.25) is 0 Å². The smallest absolute Gasteiger partial charge is 0.414 e. The van der Waals surface area contributed by atoms with E-state index in [1.54, 1.807) is 29.2 Å². The molecule has 0 radical (unpaired) electrons. The van der Waals surface area contributed by atoms with Crippen molar-refractivity contribution in [1.82, 2.24) is 14.9 Å². The van der Waals surface area contributed by atoms with Gasteiger partial charge in [-0.1, -0.05) is 12.1 Å². The molecular weight excluding hydrogens is 522 g/mol. The molecule has 2 atom stereocenters. The lowest BCUT2D eigenvalue weighted by Gasteiger charge is -2.41. The van der Waals surface area contributed by atoms with Crippen LogP contribution in [-0.2, 0) is 9.53 Å². The summed E-state index contributed by atoms with van der Waals surface area (Å²) in [5.41, 5.74) is 1.67. The van der Waals surface area contributed by atoms with Crippen molar-refractivity contribution in [3.8, 4) is 5.88 Å². The summed E-state index contributed by atoms with van der Waals surface area (Å²) in [5.74, 6) is 0.658. The summed E-state index contributed by atoms with van der Waals surface area (Å²) in [6.07, 6.45) is 0.293. The SMILES string of the molecule is COc1cnc2cccc([C@@H](O)C3(O)CCN(CC4CN(c5ccc6c(c5)NC(=O)CS6)C(=O)O4)CC3)c2n1. The number of thioether (sulfide) groups is 1. The van der Waals surface area contributed by atoms with Crippen LogP contribution in [0.4, 0.5) is 16.2 Å². The van der Waals surface area contributed by atoms with Gasteiger partial charge >= 0.3 is 6.09 Å². The van der Waals surface area contributed by atoms with E-state index < -0.39 is 17.8 Å². The number of ether oxygens (including phenoxy) is 2. The van der Waals surface area contributed by atoms with Gasteiger partial charge < -0.3 is 25.0 Å². The maximum Gasteiger partial charge on any atom is 0.414 e.